The van der Waals surface area contributed by atoms with Crippen LogP contribution in [0.1, 0.15) is 32.4 Å². The number of nitrogens with one attached hydrogen (secondary N) is 3. The van der Waals surface area contributed by atoms with Crippen molar-refractivity contribution in [2.45, 2.75) is 87.4 Å². The van der Waals surface area contributed by atoms with Crippen molar-refractivity contribution in [2.75, 3.05) is 7.11 Å². The molecule has 3 amide bonds. The molecule has 3 aliphatic rings. The van der Waals surface area contributed by atoms with Gasteiger partial charge in [0, 0.05) is 25.4 Å². The van der Waals surface area contributed by atoms with E-state index in [4.69, 9.17) is 24.7 Å². The van der Waals surface area contributed by atoms with Crippen LogP contribution >= 0.6 is 0 Å². The minimum Gasteiger partial charge on any atom is -0.456 e. The zero-order valence-corrected chi connectivity index (χ0v) is 22.2. The summed E-state index contributed by atoms with van der Waals surface area (Å²) in [6.07, 6.45) is -9.19. The SMILES string of the molecule is COC1C(O)C(n2ccc(=O)[nH]c2=O)OC1C(OC1OC(C(=O)NC2CCCC(C)NC2=O)=CC(O)C1O)C(N)=O. The average molecular weight is 584 g/mol. The maximum Gasteiger partial charge on any atom is 0.330 e. The van der Waals surface area contributed by atoms with Gasteiger partial charge in [0.05, 0.1) is 0 Å². The van der Waals surface area contributed by atoms with Gasteiger partial charge in [-0.05, 0) is 32.3 Å². The van der Waals surface area contributed by atoms with E-state index in [0.717, 1.165) is 29.3 Å². The Morgan fingerprint density at radius 1 is 1.20 bits per heavy atom. The topological polar surface area (TPSA) is 254 Å². The molecule has 3 aliphatic heterocycles. The Labute approximate surface area is 232 Å². The number of carbonyl (C=O) groups is 3. The molecule has 8 N–H and O–H groups in total. The van der Waals surface area contributed by atoms with Gasteiger partial charge in [0.1, 0.15) is 36.6 Å². The maximum absolute atomic E-state index is 12.9. The highest BCUT2D eigenvalue weighted by Crippen LogP contribution is 2.34. The summed E-state index contributed by atoms with van der Waals surface area (Å²) in [5.41, 5.74) is 3.92. The second kappa shape index (κ2) is 12.5. The van der Waals surface area contributed by atoms with Crippen LogP contribution in [0.15, 0.2) is 33.7 Å². The average Bonchev–Trinajstić information content (AvgIpc) is 3.14. The molecule has 4 rings (SSSR count). The first-order chi connectivity index (χ1) is 19.4. The number of H-pyrrole nitrogens is 1. The van der Waals surface area contributed by atoms with Crippen molar-refractivity contribution >= 4 is 17.7 Å². The number of ether oxygens (including phenoxy) is 4. The van der Waals surface area contributed by atoms with Crippen LogP contribution in [-0.4, -0.2) is 105 Å². The molecular formula is C24H33N5O12. The Balaban J connectivity index is 1.51. The summed E-state index contributed by atoms with van der Waals surface area (Å²) in [7, 11) is 1.19. The molecule has 41 heavy (non-hydrogen) atoms. The van der Waals surface area contributed by atoms with Crippen LogP contribution in [-0.2, 0) is 33.3 Å². The number of carbonyl (C=O) groups excluding carboxylic acids is 3. The fourth-order valence-electron chi connectivity index (χ4n) is 4.93. The van der Waals surface area contributed by atoms with Crippen LogP contribution < -0.4 is 27.6 Å². The predicted molar refractivity (Wildman–Crippen MR) is 134 cm³/mol. The number of rotatable bonds is 8. The van der Waals surface area contributed by atoms with Gasteiger partial charge in [-0.2, -0.15) is 0 Å². The number of hydrogen-bond acceptors (Lipinski definition) is 12. The third-order valence-electron chi connectivity index (χ3n) is 7.06. The van der Waals surface area contributed by atoms with Crippen molar-refractivity contribution in [3.63, 3.8) is 0 Å². The molecule has 0 bridgehead atoms. The number of nitrogens with two attached hydrogens (primary N) is 1. The Hall–Kier alpha value is -3.61. The molecule has 17 nitrogen and oxygen atoms in total. The molecule has 0 aromatic carbocycles. The first kappa shape index (κ1) is 30.4. The fraction of sp³-hybridized carbons (Fsp3) is 0.625. The van der Waals surface area contributed by atoms with E-state index >= 15 is 0 Å². The summed E-state index contributed by atoms with van der Waals surface area (Å²) in [6.45, 7) is 1.84. The zero-order valence-electron chi connectivity index (χ0n) is 22.2. The van der Waals surface area contributed by atoms with E-state index in [1.54, 1.807) is 0 Å². The van der Waals surface area contributed by atoms with Crippen molar-refractivity contribution < 1.29 is 48.7 Å². The number of aliphatic hydroxyl groups is 3. The van der Waals surface area contributed by atoms with Gasteiger partial charge >= 0.3 is 5.69 Å². The molecule has 2 saturated heterocycles. The summed E-state index contributed by atoms with van der Waals surface area (Å²) in [5, 5.41) is 37.0. The van der Waals surface area contributed by atoms with Crippen LogP contribution in [0.4, 0.5) is 0 Å². The highest BCUT2D eigenvalue weighted by atomic mass is 16.7. The van der Waals surface area contributed by atoms with E-state index in [1.165, 1.54) is 7.11 Å². The number of aromatic nitrogens is 2. The van der Waals surface area contributed by atoms with Crippen molar-refractivity contribution in [2.24, 2.45) is 5.73 Å². The van der Waals surface area contributed by atoms with E-state index in [-0.39, 0.29) is 11.9 Å². The first-order valence-corrected chi connectivity index (χ1v) is 12.9. The highest BCUT2D eigenvalue weighted by molar-refractivity contribution is 5.95. The van der Waals surface area contributed by atoms with Gasteiger partial charge in [0.25, 0.3) is 11.5 Å². The Bertz CT molecular complexity index is 1300. The number of aromatic amines is 1. The number of nitrogens with zero attached hydrogens (tertiary/aromatic N) is 1. The minimum atomic E-state index is -1.84. The minimum absolute atomic E-state index is 0.0651. The van der Waals surface area contributed by atoms with Gasteiger partial charge in [0.2, 0.25) is 18.1 Å². The lowest BCUT2D eigenvalue weighted by molar-refractivity contribution is -0.241. The van der Waals surface area contributed by atoms with E-state index in [0.29, 0.717) is 12.8 Å². The lowest BCUT2D eigenvalue weighted by Gasteiger charge is -2.35. The van der Waals surface area contributed by atoms with Gasteiger partial charge in [-0.15, -0.1) is 0 Å². The van der Waals surface area contributed by atoms with E-state index in [9.17, 15) is 39.3 Å². The molecule has 2 fully saturated rings. The smallest absolute Gasteiger partial charge is 0.330 e. The maximum atomic E-state index is 12.9. The predicted octanol–water partition coefficient (Wildman–Crippen LogP) is -4.18. The lowest BCUT2D eigenvalue weighted by Crippen LogP contribution is -2.54. The Kier molecular flexibility index (Phi) is 9.25. The second-order valence-electron chi connectivity index (χ2n) is 10.0. The van der Waals surface area contributed by atoms with E-state index in [2.05, 4.69) is 10.6 Å². The normalized spacial score (nSPS) is 34.5. The molecule has 226 valence electrons. The molecule has 0 radical (unpaired) electrons. The largest absolute Gasteiger partial charge is 0.456 e. The second-order valence-corrected chi connectivity index (χ2v) is 10.0. The number of methoxy groups -OCH3 is 1. The number of hydrogen-bond donors (Lipinski definition) is 7. The third-order valence-corrected chi connectivity index (χ3v) is 7.06. The van der Waals surface area contributed by atoms with Crippen molar-refractivity contribution in [3.05, 3.63) is 44.9 Å². The number of primary amides is 1. The van der Waals surface area contributed by atoms with E-state index < -0.39 is 84.0 Å². The molecule has 0 aliphatic carbocycles. The molecular weight excluding hydrogens is 550 g/mol. The van der Waals surface area contributed by atoms with Crippen LogP contribution in [0.25, 0.3) is 0 Å². The summed E-state index contributed by atoms with van der Waals surface area (Å²) in [5.74, 6) is -2.92. The monoisotopic (exact) mass is 583 g/mol. The van der Waals surface area contributed by atoms with Gasteiger partial charge in [-0.3, -0.25) is 28.7 Å². The van der Waals surface area contributed by atoms with Crippen LogP contribution in [0.3, 0.4) is 0 Å². The highest BCUT2D eigenvalue weighted by Gasteiger charge is 2.52. The molecule has 17 heteroatoms. The molecule has 10 unspecified atom stereocenters. The summed E-state index contributed by atoms with van der Waals surface area (Å²) < 4.78 is 22.9. The van der Waals surface area contributed by atoms with Gasteiger partial charge in [-0.25, -0.2) is 4.79 Å². The fourth-order valence-corrected chi connectivity index (χ4v) is 4.93. The first-order valence-electron chi connectivity index (χ1n) is 12.9. The molecule has 0 spiro atoms. The zero-order chi connectivity index (χ0) is 30.0. The summed E-state index contributed by atoms with van der Waals surface area (Å²) in [6, 6.07) is 0.0768. The number of amides is 3. The lowest BCUT2D eigenvalue weighted by atomic mass is 10.0. The van der Waals surface area contributed by atoms with Crippen molar-refractivity contribution in [1.82, 2.24) is 20.2 Å². The van der Waals surface area contributed by atoms with Crippen LogP contribution in [0, 0.1) is 0 Å². The van der Waals surface area contributed by atoms with Crippen molar-refractivity contribution in [1.29, 1.82) is 0 Å². The quantitative estimate of drug-likeness (QED) is 0.154. The third kappa shape index (κ3) is 6.50. The standard InChI is InChI=1S/C24H33N5O12/c1-9-4-3-5-10(20(35)26-9)27-21(36)12-8-11(30)14(32)23(39-12)41-18(19(25)34)17-16(38-2)15(33)22(40-17)29-7-6-13(31)28-24(29)37/h6-11,14-18,22-23,30,32-33H,3-5H2,1-2H3,(H2,25,34)(H,26,35)(H,27,36)(H,28,31,37). The van der Waals surface area contributed by atoms with Crippen molar-refractivity contribution in [3.8, 4) is 0 Å². The molecule has 1 aromatic heterocycles. The molecule has 4 heterocycles. The van der Waals surface area contributed by atoms with E-state index in [1.807, 2.05) is 11.9 Å². The molecule has 1 aromatic rings. The summed E-state index contributed by atoms with van der Waals surface area (Å²) in [4.78, 5) is 63.5. The molecule has 10 atom stereocenters. The number of aliphatic hydroxyl groups excluding tert-OH is 3. The Morgan fingerprint density at radius 3 is 2.59 bits per heavy atom. The molecule has 0 saturated carbocycles. The van der Waals surface area contributed by atoms with Gasteiger partial charge in [0.15, 0.2) is 18.1 Å². The van der Waals surface area contributed by atoms with Crippen LogP contribution in [0.2, 0.25) is 0 Å². The van der Waals surface area contributed by atoms with Crippen LogP contribution in [0.5, 0.6) is 0 Å². The Morgan fingerprint density at radius 2 is 1.93 bits per heavy atom. The van der Waals surface area contributed by atoms with Gasteiger partial charge in [-0.1, -0.05) is 0 Å². The summed E-state index contributed by atoms with van der Waals surface area (Å²) >= 11 is 0. The van der Waals surface area contributed by atoms with Gasteiger partial charge < -0.3 is 50.6 Å².